The first-order chi connectivity index (χ1) is 26.1. The summed E-state index contributed by atoms with van der Waals surface area (Å²) < 4.78 is 17.6. The molecule has 0 radical (unpaired) electrons. The van der Waals surface area contributed by atoms with Crippen LogP contribution in [0.1, 0.15) is 42.6 Å². The van der Waals surface area contributed by atoms with E-state index in [1.165, 1.54) is 19.3 Å². The Morgan fingerprint density at radius 2 is 1.43 bits per heavy atom. The molecular formula is C38H46N8O8. The molecule has 4 aliphatic heterocycles. The minimum Gasteiger partial charge on any atom is -0.492 e. The summed E-state index contributed by atoms with van der Waals surface area (Å²) in [5, 5.41) is 11.0. The molecule has 16 nitrogen and oxygen atoms in total. The highest BCUT2D eigenvalue weighted by molar-refractivity contribution is 5.96. The van der Waals surface area contributed by atoms with Crippen LogP contribution < -0.4 is 35.6 Å². The molecule has 1 aromatic heterocycles. The van der Waals surface area contributed by atoms with Crippen molar-refractivity contribution in [3.63, 3.8) is 0 Å². The summed E-state index contributed by atoms with van der Waals surface area (Å²) in [6.07, 6.45) is 3.42. The predicted octanol–water partition coefficient (Wildman–Crippen LogP) is 0.613. The van der Waals surface area contributed by atoms with Gasteiger partial charge in [0.1, 0.15) is 36.2 Å². The van der Waals surface area contributed by atoms with Gasteiger partial charge in [0.2, 0.25) is 23.7 Å². The van der Waals surface area contributed by atoms with Crippen LogP contribution in [-0.2, 0) is 30.3 Å². The molecule has 2 aromatic carbocycles. The summed E-state index contributed by atoms with van der Waals surface area (Å²) in [7, 11) is 0. The molecule has 1 spiro atoms. The number of benzene rings is 2. The summed E-state index contributed by atoms with van der Waals surface area (Å²) in [6.45, 7) is 6.29. The number of carbonyl (C=O) groups is 5. The van der Waals surface area contributed by atoms with Crippen LogP contribution >= 0.6 is 0 Å². The minimum atomic E-state index is -1.44. The normalized spacial score (nSPS) is 22.9. The molecule has 5 amide bonds. The van der Waals surface area contributed by atoms with Gasteiger partial charge in [-0.05, 0) is 43.7 Å². The lowest BCUT2D eigenvalue weighted by atomic mass is 9.89. The quantitative estimate of drug-likeness (QED) is 0.274. The first kappa shape index (κ1) is 38.0. The van der Waals surface area contributed by atoms with Crippen LogP contribution in [0.2, 0.25) is 0 Å². The van der Waals surface area contributed by atoms with E-state index in [0.717, 1.165) is 5.56 Å². The van der Waals surface area contributed by atoms with E-state index in [-0.39, 0.29) is 51.4 Å². The molecule has 0 aliphatic carbocycles. The Kier molecular flexibility index (Phi) is 12.2. The van der Waals surface area contributed by atoms with Crippen LogP contribution in [-0.4, -0.2) is 121 Å². The molecule has 4 N–H and O–H groups in total. The molecule has 3 aromatic rings. The number of nitrogens with one attached hydrogen (secondary N) is 4. The van der Waals surface area contributed by atoms with Crippen molar-refractivity contribution in [3.05, 3.63) is 78.1 Å². The number of hydrogen-bond acceptors (Lipinski definition) is 11. The monoisotopic (exact) mass is 742 g/mol. The van der Waals surface area contributed by atoms with Crippen molar-refractivity contribution in [3.8, 4) is 11.5 Å². The lowest BCUT2D eigenvalue weighted by molar-refractivity contribution is -0.143. The van der Waals surface area contributed by atoms with E-state index in [1.807, 2.05) is 35.2 Å². The van der Waals surface area contributed by atoms with Gasteiger partial charge >= 0.3 is 0 Å². The number of rotatable bonds is 4. The first-order valence-electron chi connectivity index (χ1n) is 18.2. The Morgan fingerprint density at radius 3 is 2.11 bits per heavy atom. The predicted molar refractivity (Wildman–Crippen MR) is 196 cm³/mol. The Morgan fingerprint density at radius 1 is 0.778 bits per heavy atom. The van der Waals surface area contributed by atoms with Crippen LogP contribution in [0, 0.1) is 0 Å². The zero-order valence-electron chi connectivity index (χ0n) is 30.4. The number of ether oxygens (including phenoxy) is 3. The standard InChI is InChI=1S/C38H46N8O8/c1-25-32(47)39-14-19-53-29-8-10-30(11-9-29)54-38(36(51)43-26(2)33(48)44-31(34(49)42-25)22-27-6-4-3-5-7-27)12-15-45(16-13-38)35(50)28-23-40-37(41-24-28)46-17-20-52-21-18-46/h3-11,23-26,31H,12-22H2,1-2H3,(H,39,47)(H,42,49)(H,43,51)(H,44,48)/t25-,26-,31-/m0/s1. The highest BCUT2D eigenvalue weighted by Crippen LogP contribution is 2.31. The molecule has 3 atom stereocenters. The van der Waals surface area contributed by atoms with Gasteiger partial charge in [-0.25, -0.2) is 9.97 Å². The highest BCUT2D eigenvalue weighted by atomic mass is 16.5. The van der Waals surface area contributed by atoms with E-state index in [4.69, 9.17) is 14.2 Å². The highest BCUT2D eigenvalue weighted by Gasteiger charge is 2.46. The zero-order valence-corrected chi connectivity index (χ0v) is 30.4. The molecule has 2 bridgehead atoms. The summed E-state index contributed by atoms with van der Waals surface area (Å²) in [6, 6.07) is 12.8. The lowest BCUT2D eigenvalue weighted by Gasteiger charge is -2.41. The minimum absolute atomic E-state index is 0.126. The van der Waals surface area contributed by atoms with Gasteiger partial charge in [0.25, 0.3) is 11.8 Å². The van der Waals surface area contributed by atoms with Gasteiger partial charge in [-0.2, -0.15) is 0 Å². The zero-order chi connectivity index (χ0) is 38.1. The van der Waals surface area contributed by atoms with Crippen LogP contribution in [0.5, 0.6) is 11.5 Å². The number of anilines is 1. The number of piperidine rings is 1. The lowest BCUT2D eigenvalue weighted by Crippen LogP contribution is -2.61. The number of morpholine rings is 1. The maximum atomic E-state index is 14.2. The van der Waals surface area contributed by atoms with Crippen LogP contribution in [0.25, 0.3) is 0 Å². The molecule has 4 aliphatic rings. The third-order valence-corrected chi connectivity index (χ3v) is 9.67. The molecule has 7 rings (SSSR count). The second-order valence-electron chi connectivity index (χ2n) is 13.5. The topological polar surface area (TPSA) is 193 Å². The second kappa shape index (κ2) is 17.4. The van der Waals surface area contributed by atoms with E-state index in [1.54, 1.807) is 36.1 Å². The molecule has 2 fully saturated rings. The van der Waals surface area contributed by atoms with Gasteiger partial charge in [0, 0.05) is 57.8 Å². The number of nitrogens with zero attached hydrogens (tertiary/aromatic N) is 4. The molecule has 0 unspecified atom stereocenters. The number of carbonyl (C=O) groups excluding carboxylic acids is 5. The smallest absolute Gasteiger partial charge is 0.264 e. The maximum Gasteiger partial charge on any atom is 0.264 e. The summed E-state index contributed by atoms with van der Waals surface area (Å²) in [5.74, 6) is -0.952. The average molecular weight is 743 g/mol. The fraction of sp³-hybridized carbons (Fsp3) is 0.447. The van der Waals surface area contributed by atoms with Crippen molar-refractivity contribution >= 4 is 35.5 Å². The molecule has 16 heteroatoms. The van der Waals surface area contributed by atoms with E-state index in [9.17, 15) is 24.0 Å². The largest absolute Gasteiger partial charge is 0.492 e. The number of likely N-dealkylation sites (tertiary alicyclic amines) is 1. The number of aromatic nitrogens is 2. The fourth-order valence-electron chi connectivity index (χ4n) is 6.44. The SMILES string of the molecule is C[C@@H]1NC(=O)[C@H](Cc2ccccc2)NC(=O)[C@H](C)NC(=O)C2(CCN(C(=O)c3cnc(N4CCOCC4)nc3)CC2)Oc2ccc(cc2)OCCNC1=O. The molecule has 54 heavy (non-hydrogen) atoms. The summed E-state index contributed by atoms with van der Waals surface area (Å²) in [4.78, 5) is 80.0. The molecular weight excluding hydrogens is 696 g/mol. The summed E-state index contributed by atoms with van der Waals surface area (Å²) in [5.41, 5.74) is -0.322. The van der Waals surface area contributed by atoms with Crippen LogP contribution in [0.15, 0.2) is 67.0 Å². The summed E-state index contributed by atoms with van der Waals surface area (Å²) >= 11 is 0. The van der Waals surface area contributed by atoms with E-state index < -0.39 is 47.4 Å². The third kappa shape index (κ3) is 9.41. The van der Waals surface area contributed by atoms with Gasteiger partial charge < -0.3 is 45.3 Å². The van der Waals surface area contributed by atoms with Gasteiger partial charge in [-0.1, -0.05) is 30.3 Å². The number of hydrogen-bond donors (Lipinski definition) is 4. The van der Waals surface area contributed by atoms with Gasteiger partial charge in [-0.15, -0.1) is 0 Å². The number of fused-ring (bicyclic) bond motifs is 15. The van der Waals surface area contributed by atoms with E-state index >= 15 is 0 Å². The average Bonchev–Trinajstić information content (AvgIpc) is 3.20. The maximum absolute atomic E-state index is 14.2. The van der Waals surface area contributed by atoms with Crippen molar-refractivity contribution in [2.75, 3.05) is 57.4 Å². The van der Waals surface area contributed by atoms with Gasteiger partial charge in [-0.3, -0.25) is 24.0 Å². The Labute approximate surface area is 313 Å². The van der Waals surface area contributed by atoms with Crippen molar-refractivity contribution in [2.24, 2.45) is 0 Å². The Bertz CT molecular complexity index is 1780. The van der Waals surface area contributed by atoms with Crippen molar-refractivity contribution in [1.29, 1.82) is 0 Å². The van der Waals surface area contributed by atoms with Crippen molar-refractivity contribution in [1.82, 2.24) is 36.1 Å². The van der Waals surface area contributed by atoms with Crippen molar-refractivity contribution in [2.45, 2.75) is 56.8 Å². The second-order valence-corrected chi connectivity index (χ2v) is 13.5. The third-order valence-electron chi connectivity index (χ3n) is 9.67. The van der Waals surface area contributed by atoms with Crippen LogP contribution in [0.3, 0.4) is 0 Å². The molecule has 286 valence electrons. The first-order valence-corrected chi connectivity index (χ1v) is 18.2. The molecule has 0 saturated carbocycles. The molecule has 5 heterocycles. The Balaban J connectivity index is 1.20. The van der Waals surface area contributed by atoms with Gasteiger partial charge in [0.05, 0.1) is 25.3 Å². The van der Waals surface area contributed by atoms with E-state index in [0.29, 0.717) is 49.3 Å². The van der Waals surface area contributed by atoms with E-state index in [2.05, 4.69) is 31.2 Å². The Hall–Kier alpha value is -5.77. The van der Waals surface area contributed by atoms with Gasteiger partial charge in [0.15, 0.2) is 5.60 Å². The number of amides is 5. The molecule has 2 saturated heterocycles. The van der Waals surface area contributed by atoms with Crippen LogP contribution in [0.4, 0.5) is 5.95 Å². The van der Waals surface area contributed by atoms with Crippen molar-refractivity contribution < 1.29 is 38.2 Å². The fourth-order valence-corrected chi connectivity index (χ4v) is 6.44.